The second kappa shape index (κ2) is 11.3. The third-order valence-electron chi connectivity index (χ3n) is 4.59. The molecule has 0 aromatic heterocycles. The molecule has 0 spiro atoms. The van der Waals surface area contributed by atoms with E-state index >= 15 is 0 Å². The van der Waals surface area contributed by atoms with Crippen molar-refractivity contribution in [2.75, 3.05) is 0 Å². The van der Waals surface area contributed by atoms with Crippen LogP contribution in [0.5, 0.6) is 0 Å². The highest BCUT2D eigenvalue weighted by Crippen LogP contribution is 2.18. The molecule has 0 aliphatic rings. The van der Waals surface area contributed by atoms with Crippen molar-refractivity contribution in [3.05, 3.63) is 71.3 Å². The van der Waals surface area contributed by atoms with E-state index in [0.29, 0.717) is 12.5 Å². The number of carbonyl (C=O) groups is 3. The van der Waals surface area contributed by atoms with E-state index in [1.807, 2.05) is 25.1 Å². The van der Waals surface area contributed by atoms with Crippen molar-refractivity contribution in [3.8, 4) is 0 Å². The number of carbonyl (C=O) groups excluding carboxylic acids is 3. The normalized spacial score (nSPS) is 12.8. The molecule has 2 aromatic carbocycles. The fourth-order valence-corrected chi connectivity index (χ4v) is 3.03. The number of unbranched alkanes of at least 4 members (excludes halogenated alkanes) is 1. The molecule has 2 aromatic rings. The van der Waals surface area contributed by atoms with Gasteiger partial charge in [-0.25, -0.2) is 8.78 Å². The highest BCUT2D eigenvalue weighted by atomic mass is 19.1. The number of nitrogens with one attached hydrogen (secondary N) is 2. The second-order valence-electron chi connectivity index (χ2n) is 7.17. The van der Waals surface area contributed by atoms with Crippen molar-refractivity contribution < 1.29 is 23.2 Å². The summed E-state index contributed by atoms with van der Waals surface area (Å²) in [6.07, 6.45) is 1.65. The molecule has 0 bridgehead atoms. The molecule has 0 fully saturated rings. The van der Waals surface area contributed by atoms with Gasteiger partial charge in [-0.15, -0.1) is 0 Å². The Labute approximate surface area is 174 Å². The molecule has 7 heteroatoms. The molecule has 5 nitrogen and oxygen atoms in total. The Hall–Kier alpha value is -2.93. The standard InChI is InChI=1S/C23H26F2N2O3/c1-3-4-10-20(28)22(17-8-6-5-7-9-17)26-15(2)23(30)27-21(29)13-16-11-18(24)14-19(25)12-16/h5-9,11-12,14-15,22,26H,3-4,10,13H2,1-2H3,(H,27,29,30)/t15-,22?/m0/s1. The van der Waals surface area contributed by atoms with Crippen LogP contribution < -0.4 is 10.6 Å². The van der Waals surface area contributed by atoms with Gasteiger partial charge in [-0.3, -0.25) is 25.0 Å². The molecular weight excluding hydrogens is 390 g/mol. The molecule has 0 aliphatic carbocycles. The van der Waals surface area contributed by atoms with Gasteiger partial charge < -0.3 is 0 Å². The Kier molecular flexibility index (Phi) is 8.80. The Bertz CT molecular complexity index is 867. The summed E-state index contributed by atoms with van der Waals surface area (Å²) >= 11 is 0. The van der Waals surface area contributed by atoms with E-state index in [4.69, 9.17) is 0 Å². The van der Waals surface area contributed by atoms with Crippen molar-refractivity contribution >= 4 is 17.6 Å². The number of ketones is 1. The molecule has 2 N–H and O–H groups in total. The topological polar surface area (TPSA) is 75.3 Å². The van der Waals surface area contributed by atoms with Gasteiger partial charge in [0.05, 0.1) is 18.5 Å². The van der Waals surface area contributed by atoms with Gasteiger partial charge in [0.1, 0.15) is 11.6 Å². The molecule has 2 amide bonds. The van der Waals surface area contributed by atoms with Crippen LogP contribution in [0.15, 0.2) is 48.5 Å². The Balaban J connectivity index is 2.01. The average molecular weight is 416 g/mol. The van der Waals surface area contributed by atoms with E-state index in [0.717, 1.165) is 30.5 Å². The summed E-state index contributed by atoms with van der Waals surface area (Å²) < 4.78 is 26.5. The van der Waals surface area contributed by atoms with E-state index in [9.17, 15) is 23.2 Å². The largest absolute Gasteiger partial charge is 0.298 e. The van der Waals surface area contributed by atoms with E-state index in [-0.39, 0.29) is 17.8 Å². The van der Waals surface area contributed by atoms with Crippen molar-refractivity contribution in [3.63, 3.8) is 0 Å². The fraction of sp³-hybridized carbons (Fsp3) is 0.348. The van der Waals surface area contributed by atoms with Crippen LogP contribution in [0.25, 0.3) is 0 Å². The van der Waals surface area contributed by atoms with Crippen LogP contribution >= 0.6 is 0 Å². The maximum absolute atomic E-state index is 13.3. The summed E-state index contributed by atoms with van der Waals surface area (Å²) in [5.74, 6) is -2.94. The minimum absolute atomic E-state index is 0.0377. The lowest BCUT2D eigenvalue weighted by atomic mass is 9.98. The lowest BCUT2D eigenvalue weighted by molar-refractivity contribution is -0.131. The predicted octanol–water partition coefficient (Wildman–Crippen LogP) is 3.63. The zero-order valence-electron chi connectivity index (χ0n) is 17.1. The smallest absolute Gasteiger partial charge is 0.243 e. The average Bonchev–Trinajstić information content (AvgIpc) is 2.69. The number of imide groups is 1. The number of Topliss-reactive ketones (excluding diaryl/α,β-unsaturated/α-hetero) is 1. The van der Waals surface area contributed by atoms with E-state index in [1.165, 1.54) is 0 Å². The summed E-state index contributed by atoms with van der Waals surface area (Å²) in [5.41, 5.74) is 0.857. The summed E-state index contributed by atoms with van der Waals surface area (Å²) in [4.78, 5) is 37.2. The van der Waals surface area contributed by atoms with Crippen LogP contribution in [0.4, 0.5) is 8.78 Å². The first-order chi connectivity index (χ1) is 14.3. The molecular formula is C23H26F2N2O3. The maximum Gasteiger partial charge on any atom is 0.243 e. The van der Waals surface area contributed by atoms with E-state index in [1.54, 1.807) is 19.1 Å². The third kappa shape index (κ3) is 7.15. The highest BCUT2D eigenvalue weighted by Gasteiger charge is 2.25. The van der Waals surface area contributed by atoms with E-state index in [2.05, 4.69) is 10.6 Å². The minimum Gasteiger partial charge on any atom is -0.298 e. The Morgan fingerprint density at radius 2 is 1.63 bits per heavy atom. The first-order valence-electron chi connectivity index (χ1n) is 9.92. The lowest BCUT2D eigenvalue weighted by Gasteiger charge is -2.22. The molecule has 0 heterocycles. The van der Waals surface area contributed by atoms with Crippen LogP contribution in [0.1, 0.15) is 50.3 Å². The predicted molar refractivity (Wildman–Crippen MR) is 110 cm³/mol. The molecule has 2 atom stereocenters. The van der Waals surface area contributed by atoms with Crippen molar-refractivity contribution in [2.24, 2.45) is 0 Å². The van der Waals surface area contributed by atoms with Gasteiger partial charge in [-0.1, -0.05) is 43.7 Å². The number of amides is 2. The van der Waals surface area contributed by atoms with Crippen molar-refractivity contribution in [1.82, 2.24) is 10.6 Å². The SMILES string of the molecule is CCCCC(=O)C(N[C@@H](C)C(=O)NC(=O)Cc1cc(F)cc(F)c1)c1ccccc1. The molecule has 0 saturated carbocycles. The van der Waals surface area contributed by atoms with Crippen molar-refractivity contribution in [1.29, 1.82) is 0 Å². The van der Waals surface area contributed by atoms with Gasteiger partial charge in [0.25, 0.3) is 0 Å². The molecule has 0 radical (unpaired) electrons. The van der Waals surface area contributed by atoms with Crippen LogP contribution in [0, 0.1) is 11.6 Å². The number of rotatable bonds is 10. The quantitative estimate of drug-likeness (QED) is 0.620. The summed E-state index contributed by atoms with van der Waals surface area (Å²) in [6, 6.07) is 10.3. The molecule has 2 rings (SSSR count). The van der Waals surface area contributed by atoms with Crippen LogP contribution in [0.3, 0.4) is 0 Å². The van der Waals surface area contributed by atoms with Crippen LogP contribution in [0.2, 0.25) is 0 Å². The summed E-state index contributed by atoms with van der Waals surface area (Å²) in [6.45, 7) is 3.54. The van der Waals surface area contributed by atoms with Gasteiger partial charge >= 0.3 is 0 Å². The maximum atomic E-state index is 13.3. The molecule has 1 unspecified atom stereocenters. The Morgan fingerprint density at radius 1 is 1.00 bits per heavy atom. The minimum atomic E-state index is -0.839. The zero-order valence-corrected chi connectivity index (χ0v) is 17.1. The molecule has 0 aliphatic heterocycles. The fourth-order valence-electron chi connectivity index (χ4n) is 3.03. The number of hydrogen-bond acceptors (Lipinski definition) is 4. The highest BCUT2D eigenvalue weighted by molar-refractivity contribution is 5.98. The van der Waals surface area contributed by atoms with Gasteiger partial charge in [-0.2, -0.15) is 0 Å². The van der Waals surface area contributed by atoms with Gasteiger partial charge in [0.2, 0.25) is 11.8 Å². The number of benzene rings is 2. The first-order valence-corrected chi connectivity index (χ1v) is 9.92. The summed E-state index contributed by atoms with van der Waals surface area (Å²) in [5, 5.41) is 5.20. The third-order valence-corrected chi connectivity index (χ3v) is 4.59. The van der Waals surface area contributed by atoms with Gasteiger partial charge in [-0.05, 0) is 36.6 Å². The number of hydrogen-bond donors (Lipinski definition) is 2. The van der Waals surface area contributed by atoms with Crippen molar-refractivity contribution in [2.45, 2.75) is 51.6 Å². The molecule has 0 saturated heterocycles. The lowest BCUT2D eigenvalue weighted by Crippen LogP contribution is -2.47. The molecule has 160 valence electrons. The first kappa shape index (κ1) is 23.3. The second-order valence-corrected chi connectivity index (χ2v) is 7.17. The monoisotopic (exact) mass is 416 g/mol. The number of halogens is 2. The van der Waals surface area contributed by atoms with E-state index < -0.39 is 35.5 Å². The summed E-state index contributed by atoms with van der Waals surface area (Å²) in [7, 11) is 0. The van der Waals surface area contributed by atoms with Crippen LogP contribution in [-0.2, 0) is 20.8 Å². The zero-order chi connectivity index (χ0) is 22.1. The van der Waals surface area contributed by atoms with Gasteiger partial charge in [0, 0.05) is 12.5 Å². The molecule has 30 heavy (non-hydrogen) atoms. The van der Waals surface area contributed by atoms with Gasteiger partial charge in [0.15, 0.2) is 5.78 Å². The van der Waals surface area contributed by atoms with Crippen LogP contribution in [-0.4, -0.2) is 23.6 Å². The Morgan fingerprint density at radius 3 is 2.23 bits per heavy atom.